The minimum absolute atomic E-state index is 0.0652. The third-order valence-electron chi connectivity index (χ3n) is 4.59. The molecule has 1 aromatic carbocycles. The molecule has 2 atom stereocenters. The SMILES string of the molecule is C=CC(=O)OC(C)c1ccc(C(=O)NCCC)c(C(=O)NCCC)c1C(C)OC(=O)C=C. The number of rotatable bonds is 12. The summed E-state index contributed by atoms with van der Waals surface area (Å²) in [7, 11) is 0. The number of esters is 2. The van der Waals surface area contributed by atoms with Gasteiger partial charge in [-0.3, -0.25) is 9.59 Å². The topological polar surface area (TPSA) is 111 Å². The van der Waals surface area contributed by atoms with Gasteiger partial charge >= 0.3 is 11.9 Å². The van der Waals surface area contributed by atoms with Gasteiger partial charge < -0.3 is 20.1 Å². The van der Waals surface area contributed by atoms with Crippen molar-refractivity contribution < 1.29 is 28.7 Å². The second kappa shape index (κ2) is 13.1. The van der Waals surface area contributed by atoms with Gasteiger partial charge in [-0.05, 0) is 38.3 Å². The van der Waals surface area contributed by atoms with Crippen LogP contribution < -0.4 is 10.6 Å². The fourth-order valence-electron chi connectivity index (χ4n) is 3.09. The lowest BCUT2D eigenvalue weighted by Crippen LogP contribution is -2.32. The minimum Gasteiger partial charge on any atom is -0.455 e. The highest BCUT2D eigenvalue weighted by molar-refractivity contribution is 6.08. The summed E-state index contributed by atoms with van der Waals surface area (Å²) in [5, 5.41) is 5.54. The molecule has 32 heavy (non-hydrogen) atoms. The molecule has 0 bridgehead atoms. The van der Waals surface area contributed by atoms with Crippen molar-refractivity contribution in [3.8, 4) is 0 Å². The summed E-state index contributed by atoms with van der Waals surface area (Å²) < 4.78 is 10.7. The molecule has 1 rings (SSSR count). The molecule has 0 radical (unpaired) electrons. The fourth-order valence-corrected chi connectivity index (χ4v) is 3.09. The summed E-state index contributed by atoms with van der Waals surface area (Å²) in [5.74, 6) is -2.27. The number of hydrogen-bond donors (Lipinski definition) is 2. The van der Waals surface area contributed by atoms with Gasteiger partial charge in [0.1, 0.15) is 12.2 Å². The molecule has 0 aliphatic rings. The highest BCUT2D eigenvalue weighted by Crippen LogP contribution is 2.33. The molecule has 0 aromatic heterocycles. The van der Waals surface area contributed by atoms with E-state index in [1.54, 1.807) is 19.9 Å². The Balaban J connectivity index is 3.75. The first-order chi connectivity index (χ1) is 15.2. The third-order valence-corrected chi connectivity index (χ3v) is 4.59. The van der Waals surface area contributed by atoms with Gasteiger partial charge in [-0.1, -0.05) is 33.1 Å². The Morgan fingerprint density at radius 3 is 1.88 bits per heavy atom. The molecule has 0 aliphatic carbocycles. The fraction of sp³-hybridized carbons (Fsp3) is 0.417. The van der Waals surface area contributed by atoms with E-state index in [1.807, 2.05) is 13.8 Å². The maximum Gasteiger partial charge on any atom is 0.330 e. The molecule has 2 unspecified atom stereocenters. The van der Waals surface area contributed by atoms with Crippen LogP contribution in [0.25, 0.3) is 0 Å². The monoisotopic (exact) mass is 444 g/mol. The minimum atomic E-state index is -0.929. The van der Waals surface area contributed by atoms with Crippen molar-refractivity contribution in [2.24, 2.45) is 0 Å². The largest absolute Gasteiger partial charge is 0.455 e. The molecule has 2 N–H and O–H groups in total. The Kier molecular flexibility index (Phi) is 10.9. The Morgan fingerprint density at radius 1 is 0.875 bits per heavy atom. The molecular formula is C24H32N2O6. The molecule has 8 heteroatoms. The maximum absolute atomic E-state index is 13.2. The normalized spacial score (nSPS) is 12.1. The van der Waals surface area contributed by atoms with Crippen LogP contribution in [0.4, 0.5) is 0 Å². The Labute approximate surface area is 189 Å². The summed E-state index contributed by atoms with van der Waals surface area (Å²) in [4.78, 5) is 49.7. The molecule has 0 saturated heterocycles. The second-order valence-corrected chi connectivity index (χ2v) is 7.07. The predicted molar refractivity (Wildman–Crippen MR) is 121 cm³/mol. The first-order valence-electron chi connectivity index (χ1n) is 10.6. The van der Waals surface area contributed by atoms with Crippen molar-refractivity contribution in [1.29, 1.82) is 0 Å². The molecule has 2 amide bonds. The van der Waals surface area contributed by atoms with Gasteiger partial charge in [0.15, 0.2) is 0 Å². The van der Waals surface area contributed by atoms with E-state index >= 15 is 0 Å². The van der Waals surface area contributed by atoms with Gasteiger partial charge in [-0.15, -0.1) is 0 Å². The lowest BCUT2D eigenvalue weighted by atomic mass is 9.89. The van der Waals surface area contributed by atoms with Crippen LogP contribution in [-0.2, 0) is 19.1 Å². The van der Waals surface area contributed by atoms with Crippen LogP contribution in [-0.4, -0.2) is 36.8 Å². The van der Waals surface area contributed by atoms with Crippen molar-refractivity contribution >= 4 is 23.8 Å². The van der Waals surface area contributed by atoms with E-state index in [-0.39, 0.29) is 16.7 Å². The average molecular weight is 445 g/mol. The standard InChI is InChI=1S/C24H32N2O6/c1-7-13-25-23(29)18-12-11-17(15(5)31-19(27)9-3)21(16(6)32-20(28)10-4)22(18)24(30)26-14-8-2/h9-12,15-16H,3-4,7-8,13-14H2,1-2,5-6H3,(H,25,29)(H,26,30). The summed E-state index contributed by atoms with van der Waals surface area (Å²) in [6, 6.07) is 3.09. The highest BCUT2D eigenvalue weighted by atomic mass is 16.5. The zero-order valence-electron chi connectivity index (χ0n) is 19.2. The molecule has 0 heterocycles. The molecular weight excluding hydrogens is 412 g/mol. The summed E-state index contributed by atoms with van der Waals surface area (Å²) >= 11 is 0. The van der Waals surface area contributed by atoms with E-state index in [4.69, 9.17) is 9.47 Å². The van der Waals surface area contributed by atoms with Crippen LogP contribution in [0.3, 0.4) is 0 Å². The number of carbonyl (C=O) groups is 4. The molecule has 0 saturated carbocycles. The van der Waals surface area contributed by atoms with Crippen LogP contribution >= 0.6 is 0 Å². The lowest BCUT2D eigenvalue weighted by molar-refractivity contribution is -0.144. The Morgan fingerprint density at radius 2 is 1.38 bits per heavy atom. The van der Waals surface area contributed by atoms with Gasteiger partial charge in [-0.25, -0.2) is 9.59 Å². The van der Waals surface area contributed by atoms with Crippen molar-refractivity contribution in [3.05, 3.63) is 59.7 Å². The molecule has 0 spiro atoms. The van der Waals surface area contributed by atoms with E-state index < -0.39 is 36.0 Å². The van der Waals surface area contributed by atoms with Crippen LogP contribution in [0.5, 0.6) is 0 Å². The van der Waals surface area contributed by atoms with Crippen molar-refractivity contribution in [3.63, 3.8) is 0 Å². The smallest absolute Gasteiger partial charge is 0.330 e. The summed E-state index contributed by atoms with van der Waals surface area (Å²) in [5.41, 5.74) is 0.908. The average Bonchev–Trinajstić information content (AvgIpc) is 2.79. The van der Waals surface area contributed by atoms with Gasteiger partial charge in [0.25, 0.3) is 11.8 Å². The first kappa shape index (κ1) is 26.6. The zero-order valence-corrected chi connectivity index (χ0v) is 19.2. The first-order valence-corrected chi connectivity index (χ1v) is 10.6. The second-order valence-electron chi connectivity index (χ2n) is 7.07. The molecule has 0 aliphatic heterocycles. The van der Waals surface area contributed by atoms with E-state index in [0.717, 1.165) is 18.6 Å². The predicted octanol–water partition coefficient (Wildman–Crippen LogP) is 3.55. The molecule has 0 fully saturated rings. The van der Waals surface area contributed by atoms with Gasteiger partial charge in [0, 0.05) is 30.8 Å². The van der Waals surface area contributed by atoms with Crippen LogP contribution in [0.2, 0.25) is 0 Å². The van der Waals surface area contributed by atoms with Crippen molar-refractivity contribution in [2.75, 3.05) is 13.1 Å². The van der Waals surface area contributed by atoms with E-state index in [2.05, 4.69) is 23.8 Å². The van der Waals surface area contributed by atoms with Gasteiger partial charge in [0.2, 0.25) is 0 Å². The number of amides is 2. The van der Waals surface area contributed by atoms with Crippen molar-refractivity contribution in [2.45, 2.75) is 52.7 Å². The van der Waals surface area contributed by atoms with E-state index in [0.29, 0.717) is 25.1 Å². The third kappa shape index (κ3) is 7.08. The van der Waals surface area contributed by atoms with Crippen LogP contribution in [0.15, 0.2) is 37.4 Å². The quantitative estimate of drug-likeness (QED) is 0.377. The number of hydrogen-bond acceptors (Lipinski definition) is 6. The molecule has 1 aromatic rings. The Hall–Kier alpha value is -3.42. The van der Waals surface area contributed by atoms with Gasteiger partial charge in [-0.2, -0.15) is 0 Å². The van der Waals surface area contributed by atoms with Gasteiger partial charge in [0.05, 0.1) is 11.1 Å². The summed E-state index contributed by atoms with van der Waals surface area (Å²) in [6.45, 7) is 14.6. The number of carbonyl (C=O) groups excluding carboxylic acids is 4. The number of benzene rings is 1. The van der Waals surface area contributed by atoms with Crippen molar-refractivity contribution in [1.82, 2.24) is 10.6 Å². The zero-order chi connectivity index (χ0) is 24.3. The van der Waals surface area contributed by atoms with Crippen LogP contribution in [0, 0.1) is 0 Å². The molecule has 8 nitrogen and oxygen atoms in total. The van der Waals surface area contributed by atoms with Crippen LogP contribution in [0.1, 0.15) is 84.6 Å². The number of nitrogens with one attached hydrogen (secondary N) is 2. The van der Waals surface area contributed by atoms with E-state index in [1.165, 1.54) is 6.07 Å². The molecule has 174 valence electrons. The summed E-state index contributed by atoms with van der Waals surface area (Å²) in [6.07, 6.45) is 1.71. The van der Waals surface area contributed by atoms with E-state index in [9.17, 15) is 19.2 Å². The highest BCUT2D eigenvalue weighted by Gasteiger charge is 2.30. The maximum atomic E-state index is 13.2. The Bertz CT molecular complexity index is 877. The number of ether oxygens (including phenoxy) is 2. The lowest BCUT2D eigenvalue weighted by Gasteiger charge is -2.25.